The van der Waals surface area contributed by atoms with Crippen molar-refractivity contribution in [3.05, 3.63) is 35.9 Å². The highest BCUT2D eigenvalue weighted by atomic mass is 16.5. The van der Waals surface area contributed by atoms with Crippen molar-refractivity contribution in [2.75, 3.05) is 6.54 Å². The van der Waals surface area contributed by atoms with Gasteiger partial charge < -0.3 is 4.74 Å². The standard InChI is InChI=1S/C12H16NO/c1-2-6-11(7-3-1)10-14-12-8-4-5-9-13-12/h1-3,6-7,12H,4-5,8-10H2. The predicted octanol–water partition coefficient (Wildman–Crippen LogP) is 2.32. The Morgan fingerprint density at radius 3 is 2.79 bits per heavy atom. The third-order valence-corrected chi connectivity index (χ3v) is 2.48. The van der Waals surface area contributed by atoms with Crippen LogP contribution in [0.4, 0.5) is 0 Å². The summed E-state index contributed by atoms with van der Waals surface area (Å²) in [5.41, 5.74) is 1.23. The first kappa shape index (κ1) is 9.69. The van der Waals surface area contributed by atoms with Crippen LogP contribution in [-0.2, 0) is 11.3 Å². The third kappa shape index (κ3) is 2.82. The zero-order valence-electron chi connectivity index (χ0n) is 8.36. The maximum atomic E-state index is 5.70. The Hall–Kier alpha value is -0.860. The van der Waals surface area contributed by atoms with E-state index in [0.29, 0.717) is 6.61 Å². The van der Waals surface area contributed by atoms with E-state index in [0.717, 1.165) is 13.0 Å². The summed E-state index contributed by atoms with van der Waals surface area (Å²) in [5.74, 6) is 0. The second-order valence-electron chi connectivity index (χ2n) is 3.65. The predicted molar refractivity (Wildman–Crippen MR) is 55.9 cm³/mol. The van der Waals surface area contributed by atoms with Crippen LogP contribution in [0.25, 0.3) is 0 Å². The minimum Gasteiger partial charge on any atom is -0.357 e. The van der Waals surface area contributed by atoms with Gasteiger partial charge in [0, 0.05) is 6.54 Å². The van der Waals surface area contributed by atoms with Crippen molar-refractivity contribution >= 4 is 0 Å². The van der Waals surface area contributed by atoms with Crippen LogP contribution in [0, 0.1) is 0 Å². The van der Waals surface area contributed by atoms with Gasteiger partial charge in [-0.3, -0.25) is 0 Å². The van der Waals surface area contributed by atoms with Gasteiger partial charge in [-0.15, -0.1) is 0 Å². The fourth-order valence-electron chi connectivity index (χ4n) is 1.66. The molecule has 1 radical (unpaired) electrons. The van der Waals surface area contributed by atoms with Crippen LogP contribution < -0.4 is 5.32 Å². The van der Waals surface area contributed by atoms with E-state index in [9.17, 15) is 0 Å². The van der Waals surface area contributed by atoms with Gasteiger partial charge in [-0.2, -0.15) is 0 Å². The van der Waals surface area contributed by atoms with Gasteiger partial charge in [0.15, 0.2) is 0 Å². The summed E-state index contributed by atoms with van der Waals surface area (Å²) in [4.78, 5) is 0. The molecule has 1 heterocycles. The fraction of sp³-hybridized carbons (Fsp3) is 0.500. The first-order valence-corrected chi connectivity index (χ1v) is 5.27. The molecule has 2 heteroatoms. The highest BCUT2D eigenvalue weighted by Gasteiger charge is 2.13. The molecule has 75 valence electrons. The van der Waals surface area contributed by atoms with Crippen molar-refractivity contribution in [1.82, 2.24) is 5.32 Å². The second-order valence-corrected chi connectivity index (χ2v) is 3.65. The van der Waals surface area contributed by atoms with Crippen LogP contribution in [0.2, 0.25) is 0 Å². The number of piperidine rings is 1. The summed E-state index contributed by atoms with van der Waals surface area (Å²) < 4.78 is 5.70. The number of benzene rings is 1. The molecule has 0 N–H and O–H groups in total. The summed E-state index contributed by atoms with van der Waals surface area (Å²) in [6.45, 7) is 1.66. The number of hydrogen-bond donors (Lipinski definition) is 0. The van der Waals surface area contributed by atoms with Crippen LogP contribution in [-0.4, -0.2) is 12.8 Å². The third-order valence-electron chi connectivity index (χ3n) is 2.48. The van der Waals surface area contributed by atoms with E-state index in [1.54, 1.807) is 0 Å². The van der Waals surface area contributed by atoms with Gasteiger partial charge in [0.05, 0.1) is 6.61 Å². The van der Waals surface area contributed by atoms with E-state index in [-0.39, 0.29) is 6.23 Å². The van der Waals surface area contributed by atoms with Gasteiger partial charge in [0.25, 0.3) is 0 Å². The van der Waals surface area contributed by atoms with E-state index in [1.807, 2.05) is 18.2 Å². The molecule has 0 aliphatic carbocycles. The normalized spacial score (nSPS) is 22.1. The van der Waals surface area contributed by atoms with Crippen LogP contribution in [0.3, 0.4) is 0 Å². The SMILES string of the molecule is c1ccc(COC2CCCC[N]2)cc1. The molecule has 0 amide bonds. The minimum absolute atomic E-state index is 0.143. The van der Waals surface area contributed by atoms with Crippen LogP contribution in [0.5, 0.6) is 0 Å². The molecule has 1 fully saturated rings. The quantitative estimate of drug-likeness (QED) is 0.717. The summed E-state index contributed by atoms with van der Waals surface area (Å²) >= 11 is 0. The Morgan fingerprint density at radius 2 is 2.07 bits per heavy atom. The van der Waals surface area contributed by atoms with E-state index in [1.165, 1.54) is 18.4 Å². The second kappa shape index (κ2) is 5.13. The van der Waals surface area contributed by atoms with E-state index in [2.05, 4.69) is 17.4 Å². The average molecular weight is 190 g/mol. The number of rotatable bonds is 3. The van der Waals surface area contributed by atoms with Gasteiger partial charge in [-0.25, -0.2) is 5.32 Å². The zero-order valence-corrected chi connectivity index (χ0v) is 8.36. The van der Waals surface area contributed by atoms with E-state index in [4.69, 9.17) is 4.74 Å². The number of nitrogens with zero attached hydrogens (tertiary/aromatic N) is 1. The van der Waals surface area contributed by atoms with Crippen molar-refractivity contribution in [3.63, 3.8) is 0 Å². The molecule has 1 aliphatic heterocycles. The van der Waals surface area contributed by atoms with Crippen molar-refractivity contribution < 1.29 is 4.74 Å². The molecule has 1 atom stereocenters. The molecular weight excluding hydrogens is 174 g/mol. The molecule has 14 heavy (non-hydrogen) atoms. The highest BCUT2D eigenvalue weighted by molar-refractivity contribution is 5.13. The lowest BCUT2D eigenvalue weighted by molar-refractivity contribution is -0.00161. The zero-order chi connectivity index (χ0) is 9.64. The Morgan fingerprint density at radius 1 is 1.21 bits per heavy atom. The van der Waals surface area contributed by atoms with Crippen LogP contribution >= 0.6 is 0 Å². The Balaban J connectivity index is 1.76. The monoisotopic (exact) mass is 190 g/mol. The van der Waals surface area contributed by atoms with Crippen molar-refractivity contribution in [2.24, 2.45) is 0 Å². The van der Waals surface area contributed by atoms with Gasteiger partial charge >= 0.3 is 0 Å². The van der Waals surface area contributed by atoms with Crippen LogP contribution in [0.15, 0.2) is 30.3 Å². The van der Waals surface area contributed by atoms with Crippen LogP contribution in [0.1, 0.15) is 24.8 Å². The molecule has 1 aromatic carbocycles. The van der Waals surface area contributed by atoms with Crippen molar-refractivity contribution in [1.29, 1.82) is 0 Å². The summed E-state index contributed by atoms with van der Waals surface area (Å²) in [6.07, 6.45) is 3.71. The van der Waals surface area contributed by atoms with E-state index < -0.39 is 0 Å². The molecule has 1 saturated heterocycles. The Bertz CT molecular complexity index is 254. The van der Waals surface area contributed by atoms with Crippen molar-refractivity contribution in [2.45, 2.75) is 32.1 Å². The molecule has 0 saturated carbocycles. The summed E-state index contributed by atoms with van der Waals surface area (Å²) in [6, 6.07) is 10.3. The molecule has 0 bridgehead atoms. The molecule has 0 aromatic heterocycles. The molecular formula is C12H16NO. The topological polar surface area (TPSA) is 23.3 Å². The van der Waals surface area contributed by atoms with E-state index >= 15 is 0 Å². The number of ether oxygens (including phenoxy) is 1. The maximum absolute atomic E-state index is 5.70. The highest BCUT2D eigenvalue weighted by Crippen LogP contribution is 2.11. The lowest BCUT2D eigenvalue weighted by Crippen LogP contribution is -2.30. The molecule has 2 nitrogen and oxygen atoms in total. The molecule has 2 rings (SSSR count). The summed E-state index contributed by atoms with van der Waals surface area (Å²) in [7, 11) is 0. The Kier molecular flexibility index (Phi) is 3.55. The lowest BCUT2D eigenvalue weighted by Gasteiger charge is -2.21. The van der Waals surface area contributed by atoms with Crippen molar-refractivity contribution in [3.8, 4) is 0 Å². The summed E-state index contributed by atoms with van der Waals surface area (Å²) in [5, 5.41) is 4.42. The molecule has 1 aliphatic rings. The average Bonchev–Trinajstić information content (AvgIpc) is 2.29. The van der Waals surface area contributed by atoms with Gasteiger partial charge in [-0.05, 0) is 24.8 Å². The Labute approximate surface area is 85.3 Å². The van der Waals surface area contributed by atoms with Gasteiger partial charge in [0.2, 0.25) is 0 Å². The number of hydrogen-bond acceptors (Lipinski definition) is 1. The molecule has 1 aromatic rings. The lowest BCUT2D eigenvalue weighted by atomic mass is 10.1. The fourth-order valence-corrected chi connectivity index (χ4v) is 1.66. The van der Waals surface area contributed by atoms with Gasteiger partial charge in [0.1, 0.15) is 6.23 Å². The largest absolute Gasteiger partial charge is 0.357 e. The first-order valence-electron chi connectivity index (χ1n) is 5.27. The smallest absolute Gasteiger partial charge is 0.123 e. The first-order chi connectivity index (χ1) is 6.95. The molecule has 0 spiro atoms. The molecule has 1 unspecified atom stereocenters. The van der Waals surface area contributed by atoms with Gasteiger partial charge in [-0.1, -0.05) is 30.3 Å². The minimum atomic E-state index is 0.143. The maximum Gasteiger partial charge on any atom is 0.123 e.